The van der Waals surface area contributed by atoms with Gasteiger partial charge in [-0.2, -0.15) is 0 Å². The fourth-order valence-electron chi connectivity index (χ4n) is 1.50. The van der Waals surface area contributed by atoms with Crippen LogP contribution in [0.15, 0.2) is 18.2 Å². The molecule has 0 fully saturated rings. The van der Waals surface area contributed by atoms with Gasteiger partial charge in [-0.1, -0.05) is 12.1 Å². The van der Waals surface area contributed by atoms with Crippen LogP contribution in [0.2, 0.25) is 0 Å². The Bertz CT molecular complexity index is 454. The smallest absolute Gasteiger partial charge is 0.411 e. The fourth-order valence-corrected chi connectivity index (χ4v) is 1.50. The third-order valence-corrected chi connectivity index (χ3v) is 2.24. The average Bonchev–Trinajstić information content (AvgIpc) is 2.27. The predicted octanol–water partition coefficient (Wildman–Crippen LogP) is 2.74. The van der Waals surface area contributed by atoms with Crippen LogP contribution in [0.25, 0.3) is 0 Å². The summed E-state index contributed by atoms with van der Waals surface area (Å²) in [6.07, 6.45) is -0.822. The summed E-state index contributed by atoms with van der Waals surface area (Å²) in [5, 5.41) is 2.54. The maximum absolute atomic E-state index is 11.6. The van der Waals surface area contributed by atoms with E-state index in [0.29, 0.717) is 11.3 Å². The molecule has 0 unspecified atom stereocenters. The van der Waals surface area contributed by atoms with E-state index in [-0.39, 0.29) is 6.10 Å². The highest BCUT2D eigenvalue weighted by Crippen LogP contribution is 2.20. The fraction of sp³-hybridized carbons (Fsp3) is 0.385. The van der Waals surface area contributed by atoms with Crippen molar-refractivity contribution < 1.29 is 19.1 Å². The van der Waals surface area contributed by atoms with Gasteiger partial charge in [-0.05, 0) is 32.4 Å². The van der Waals surface area contributed by atoms with E-state index in [0.717, 1.165) is 5.56 Å². The molecule has 0 radical (unpaired) electrons. The van der Waals surface area contributed by atoms with Crippen LogP contribution in [0.1, 0.15) is 29.8 Å². The zero-order chi connectivity index (χ0) is 13.7. The van der Waals surface area contributed by atoms with Gasteiger partial charge in [0.1, 0.15) is 0 Å². The van der Waals surface area contributed by atoms with E-state index in [9.17, 15) is 9.59 Å². The number of benzene rings is 1. The number of carbonyl (C=O) groups excluding carboxylic acids is 2. The molecule has 0 spiro atoms. The molecular weight excluding hydrogens is 234 g/mol. The molecule has 5 nitrogen and oxygen atoms in total. The second-order valence-electron chi connectivity index (χ2n) is 4.07. The highest BCUT2D eigenvalue weighted by Gasteiger charge is 2.17. The minimum Gasteiger partial charge on any atom is -0.465 e. The van der Waals surface area contributed by atoms with Crippen molar-refractivity contribution in [3.63, 3.8) is 0 Å². The van der Waals surface area contributed by atoms with Crippen LogP contribution in [0, 0.1) is 6.92 Å². The number of esters is 1. The number of aryl methyl sites for hydroxylation is 1. The molecular formula is C13H17NO4. The van der Waals surface area contributed by atoms with Crippen molar-refractivity contribution in [1.82, 2.24) is 0 Å². The first-order valence-corrected chi connectivity index (χ1v) is 5.61. The molecule has 5 heteroatoms. The topological polar surface area (TPSA) is 64.6 Å². The lowest BCUT2D eigenvalue weighted by molar-refractivity contribution is 0.0601. The molecule has 0 aliphatic carbocycles. The molecule has 0 aliphatic heterocycles. The number of hydrogen-bond acceptors (Lipinski definition) is 4. The van der Waals surface area contributed by atoms with Crippen LogP contribution >= 0.6 is 0 Å². The van der Waals surface area contributed by atoms with E-state index in [1.54, 1.807) is 39.0 Å². The van der Waals surface area contributed by atoms with Crippen LogP contribution in [-0.2, 0) is 9.47 Å². The van der Waals surface area contributed by atoms with Gasteiger partial charge in [-0.25, -0.2) is 9.59 Å². The van der Waals surface area contributed by atoms with Gasteiger partial charge < -0.3 is 9.47 Å². The number of hydrogen-bond donors (Lipinski definition) is 1. The third-order valence-electron chi connectivity index (χ3n) is 2.24. The quantitative estimate of drug-likeness (QED) is 0.839. The average molecular weight is 251 g/mol. The number of methoxy groups -OCH3 is 1. The molecule has 0 saturated heterocycles. The molecule has 0 heterocycles. The van der Waals surface area contributed by atoms with E-state index in [1.165, 1.54) is 7.11 Å². The Kier molecular flexibility index (Phi) is 4.71. The first-order valence-electron chi connectivity index (χ1n) is 5.61. The molecule has 18 heavy (non-hydrogen) atoms. The van der Waals surface area contributed by atoms with E-state index < -0.39 is 12.1 Å². The lowest BCUT2D eigenvalue weighted by Crippen LogP contribution is -2.20. The Hall–Kier alpha value is -2.04. The monoisotopic (exact) mass is 251 g/mol. The van der Waals surface area contributed by atoms with Crippen LogP contribution in [-0.4, -0.2) is 25.3 Å². The van der Waals surface area contributed by atoms with Crippen LogP contribution in [0.5, 0.6) is 0 Å². The van der Waals surface area contributed by atoms with E-state index in [2.05, 4.69) is 10.1 Å². The minimum absolute atomic E-state index is 0.226. The lowest BCUT2D eigenvalue weighted by atomic mass is 10.1. The predicted molar refractivity (Wildman–Crippen MR) is 67.8 cm³/mol. The third kappa shape index (κ3) is 3.48. The van der Waals surface area contributed by atoms with Gasteiger partial charge in [-0.3, -0.25) is 5.32 Å². The van der Waals surface area contributed by atoms with Crippen molar-refractivity contribution in [1.29, 1.82) is 0 Å². The van der Waals surface area contributed by atoms with Crippen molar-refractivity contribution in [3.05, 3.63) is 29.3 Å². The van der Waals surface area contributed by atoms with Gasteiger partial charge >= 0.3 is 12.1 Å². The summed E-state index contributed by atoms with van der Waals surface area (Å²) in [6, 6.07) is 5.14. The van der Waals surface area contributed by atoms with E-state index in [1.807, 2.05) is 0 Å². The van der Waals surface area contributed by atoms with Crippen molar-refractivity contribution >= 4 is 17.7 Å². The summed E-state index contributed by atoms with van der Waals surface area (Å²) in [5.41, 5.74) is 1.44. The zero-order valence-electron chi connectivity index (χ0n) is 10.9. The van der Waals surface area contributed by atoms with Crippen molar-refractivity contribution in [2.24, 2.45) is 0 Å². The van der Waals surface area contributed by atoms with Gasteiger partial charge in [0.2, 0.25) is 0 Å². The molecule has 0 saturated carbocycles. The molecule has 98 valence electrons. The van der Waals surface area contributed by atoms with Gasteiger partial charge in [-0.15, -0.1) is 0 Å². The van der Waals surface area contributed by atoms with Crippen LogP contribution in [0.3, 0.4) is 0 Å². The molecule has 1 amide bonds. The molecule has 1 N–H and O–H groups in total. The minimum atomic E-state index is -0.597. The lowest BCUT2D eigenvalue weighted by Gasteiger charge is -2.13. The Morgan fingerprint density at radius 3 is 2.50 bits per heavy atom. The summed E-state index contributed by atoms with van der Waals surface area (Å²) >= 11 is 0. The molecule has 0 atom stereocenters. The van der Waals surface area contributed by atoms with E-state index in [4.69, 9.17) is 4.74 Å². The Morgan fingerprint density at radius 1 is 1.28 bits per heavy atom. The summed E-state index contributed by atoms with van der Waals surface area (Å²) in [4.78, 5) is 23.2. The summed E-state index contributed by atoms with van der Waals surface area (Å²) in [6.45, 7) is 5.26. The normalized spacial score (nSPS) is 10.1. The summed E-state index contributed by atoms with van der Waals surface area (Å²) in [7, 11) is 1.30. The molecule has 1 aromatic carbocycles. The number of rotatable bonds is 3. The van der Waals surface area contributed by atoms with Crippen LogP contribution in [0.4, 0.5) is 10.5 Å². The molecule has 0 bridgehead atoms. The Balaban J connectivity index is 2.98. The van der Waals surface area contributed by atoms with Crippen molar-refractivity contribution in [3.8, 4) is 0 Å². The van der Waals surface area contributed by atoms with Gasteiger partial charge in [0, 0.05) is 0 Å². The van der Waals surface area contributed by atoms with Crippen molar-refractivity contribution in [2.45, 2.75) is 26.9 Å². The Morgan fingerprint density at radius 2 is 1.94 bits per heavy atom. The molecule has 1 rings (SSSR count). The number of amides is 1. The first-order chi connectivity index (χ1) is 8.45. The molecule has 0 aromatic heterocycles. The van der Waals surface area contributed by atoms with E-state index >= 15 is 0 Å². The zero-order valence-corrected chi connectivity index (χ0v) is 10.9. The van der Waals surface area contributed by atoms with Gasteiger partial charge in [0.25, 0.3) is 0 Å². The van der Waals surface area contributed by atoms with Crippen molar-refractivity contribution in [2.75, 3.05) is 12.4 Å². The number of anilines is 1. The number of carbonyl (C=O) groups is 2. The SMILES string of the molecule is COC(=O)c1c(C)cccc1NC(=O)OC(C)C. The summed E-state index contributed by atoms with van der Waals surface area (Å²) < 4.78 is 9.65. The number of ether oxygens (including phenoxy) is 2. The van der Waals surface area contributed by atoms with Crippen LogP contribution < -0.4 is 5.32 Å². The maximum Gasteiger partial charge on any atom is 0.411 e. The Labute approximate surface area is 106 Å². The maximum atomic E-state index is 11.6. The molecule has 0 aliphatic rings. The summed E-state index contributed by atoms with van der Waals surface area (Å²) in [5.74, 6) is -0.493. The highest BCUT2D eigenvalue weighted by atomic mass is 16.6. The van der Waals surface area contributed by atoms with Gasteiger partial charge in [0.15, 0.2) is 0 Å². The second-order valence-corrected chi connectivity index (χ2v) is 4.07. The van der Waals surface area contributed by atoms with Gasteiger partial charge in [0.05, 0.1) is 24.5 Å². The largest absolute Gasteiger partial charge is 0.465 e. The second kappa shape index (κ2) is 6.05. The standard InChI is InChI=1S/C13H17NO4/c1-8(2)18-13(16)14-10-7-5-6-9(3)11(10)12(15)17-4/h5-8H,1-4H3,(H,14,16). The number of nitrogens with one attached hydrogen (secondary N) is 1. The molecule has 1 aromatic rings. The highest BCUT2D eigenvalue weighted by molar-refractivity contribution is 6.00. The first kappa shape index (κ1) is 14.0.